The van der Waals surface area contributed by atoms with Crippen molar-refractivity contribution in [3.05, 3.63) is 22.7 Å². The molecule has 114 valence electrons. The predicted octanol–water partition coefficient (Wildman–Crippen LogP) is 2.52. The van der Waals surface area contributed by atoms with Gasteiger partial charge in [-0.05, 0) is 30.8 Å². The van der Waals surface area contributed by atoms with Crippen LogP contribution in [0.5, 0.6) is 0 Å². The van der Waals surface area contributed by atoms with Crippen LogP contribution in [-0.4, -0.2) is 39.2 Å². The Morgan fingerprint density at radius 1 is 1.57 bits per heavy atom. The number of piperidine rings is 1. The van der Waals surface area contributed by atoms with Crippen molar-refractivity contribution in [3.8, 4) is 11.4 Å². The maximum absolute atomic E-state index is 11.0. The molecule has 1 unspecified atom stereocenters. The molecule has 8 heteroatoms. The van der Waals surface area contributed by atoms with Crippen LogP contribution in [0.2, 0.25) is 0 Å². The number of aliphatic carboxylic acids is 1. The van der Waals surface area contributed by atoms with Crippen molar-refractivity contribution in [2.24, 2.45) is 5.92 Å². The Labute approximate surface area is 132 Å². The van der Waals surface area contributed by atoms with Gasteiger partial charge in [-0.1, -0.05) is 5.16 Å². The number of halogens is 1. The number of rotatable bonds is 4. The number of carbonyl (C=O) groups is 1. The quantitative estimate of drug-likeness (QED) is 0.928. The van der Waals surface area contributed by atoms with Crippen LogP contribution < -0.4 is 0 Å². The topological polar surface area (TPSA) is 79.5 Å². The summed E-state index contributed by atoms with van der Waals surface area (Å²) in [6.45, 7) is 1.94. The van der Waals surface area contributed by atoms with Crippen LogP contribution in [0.1, 0.15) is 18.7 Å². The summed E-state index contributed by atoms with van der Waals surface area (Å²) in [4.78, 5) is 17.5. The number of hydrogen-bond donors (Lipinski definition) is 1. The number of thiophene rings is 1. The lowest BCUT2D eigenvalue weighted by Gasteiger charge is -2.29. The molecular weight excluding hydrogens is 314 g/mol. The van der Waals surface area contributed by atoms with Gasteiger partial charge in [-0.25, -0.2) is 0 Å². The van der Waals surface area contributed by atoms with Crippen LogP contribution in [0.4, 0.5) is 0 Å². The van der Waals surface area contributed by atoms with Crippen LogP contribution >= 0.6 is 23.7 Å². The number of carboxylic acids is 1. The van der Waals surface area contributed by atoms with Crippen molar-refractivity contribution in [2.45, 2.75) is 19.4 Å². The van der Waals surface area contributed by atoms with Crippen LogP contribution in [0, 0.1) is 5.92 Å². The zero-order chi connectivity index (χ0) is 13.9. The second kappa shape index (κ2) is 7.02. The first-order valence-electron chi connectivity index (χ1n) is 6.52. The Balaban J connectivity index is 0.00000161. The van der Waals surface area contributed by atoms with E-state index in [9.17, 15) is 4.79 Å². The zero-order valence-electron chi connectivity index (χ0n) is 11.3. The summed E-state index contributed by atoms with van der Waals surface area (Å²) in [6, 6.07) is 1.95. The van der Waals surface area contributed by atoms with Crippen molar-refractivity contribution >= 4 is 29.7 Å². The highest BCUT2D eigenvalue weighted by Gasteiger charge is 2.26. The molecule has 2 aromatic rings. The number of aromatic nitrogens is 2. The van der Waals surface area contributed by atoms with Gasteiger partial charge in [0.25, 0.3) is 0 Å². The summed E-state index contributed by atoms with van der Waals surface area (Å²) in [5.41, 5.74) is 0.951. The van der Waals surface area contributed by atoms with Gasteiger partial charge in [0.15, 0.2) is 0 Å². The third-order valence-electron chi connectivity index (χ3n) is 3.46. The number of carboxylic acid groups (broad SMARTS) is 1. The van der Waals surface area contributed by atoms with Gasteiger partial charge in [-0.2, -0.15) is 16.3 Å². The SMILES string of the molecule is Cl.O=C(O)C1CCCN(Cc2nc(-c3ccsc3)no2)C1. The number of hydrogen-bond acceptors (Lipinski definition) is 6. The molecule has 1 N–H and O–H groups in total. The Bertz CT molecular complexity index is 587. The molecule has 21 heavy (non-hydrogen) atoms. The van der Waals surface area contributed by atoms with Gasteiger partial charge in [-0.3, -0.25) is 9.69 Å². The van der Waals surface area contributed by atoms with Gasteiger partial charge >= 0.3 is 5.97 Å². The molecule has 0 saturated carbocycles. The molecule has 0 amide bonds. The van der Waals surface area contributed by atoms with Crippen LogP contribution in [0.25, 0.3) is 11.4 Å². The number of nitrogens with zero attached hydrogens (tertiary/aromatic N) is 3. The first-order valence-corrected chi connectivity index (χ1v) is 7.47. The lowest BCUT2D eigenvalue weighted by atomic mass is 9.98. The second-order valence-electron chi connectivity index (χ2n) is 4.94. The van der Waals surface area contributed by atoms with E-state index in [1.807, 2.05) is 16.8 Å². The summed E-state index contributed by atoms with van der Waals surface area (Å²) >= 11 is 1.59. The molecule has 3 rings (SSSR count). The van der Waals surface area contributed by atoms with Gasteiger partial charge in [0.05, 0.1) is 12.5 Å². The Morgan fingerprint density at radius 2 is 2.43 bits per heavy atom. The molecule has 0 bridgehead atoms. The maximum atomic E-state index is 11.0. The fourth-order valence-electron chi connectivity index (χ4n) is 2.42. The molecule has 0 radical (unpaired) electrons. The normalized spacial score (nSPS) is 19.1. The van der Waals surface area contributed by atoms with Crippen molar-refractivity contribution in [1.29, 1.82) is 0 Å². The minimum Gasteiger partial charge on any atom is -0.481 e. The summed E-state index contributed by atoms with van der Waals surface area (Å²) < 4.78 is 5.24. The largest absolute Gasteiger partial charge is 0.481 e. The molecule has 1 saturated heterocycles. The van der Waals surface area contributed by atoms with Crippen molar-refractivity contribution in [3.63, 3.8) is 0 Å². The maximum Gasteiger partial charge on any atom is 0.307 e. The predicted molar refractivity (Wildman–Crippen MR) is 80.5 cm³/mol. The second-order valence-corrected chi connectivity index (χ2v) is 5.72. The van der Waals surface area contributed by atoms with Crippen molar-refractivity contribution < 1.29 is 14.4 Å². The highest BCUT2D eigenvalue weighted by Crippen LogP contribution is 2.21. The molecule has 1 fully saturated rings. The average molecular weight is 330 g/mol. The van der Waals surface area contributed by atoms with Crippen LogP contribution in [0.3, 0.4) is 0 Å². The van der Waals surface area contributed by atoms with Gasteiger partial charge in [-0.15, -0.1) is 12.4 Å². The number of likely N-dealkylation sites (tertiary alicyclic amines) is 1. The van der Waals surface area contributed by atoms with E-state index in [1.54, 1.807) is 11.3 Å². The van der Waals surface area contributed by atoms with E-state index in [1.165, 1.54) is 0 Å². The third-order valence-corrected chi connectivity index (χ3v) is 4.14. The summed E-state index contributed by atoms with van der Waals surface area (Å²) in [7, 11) is 0. The molecule has 1 atom stereocenters. The first kappa shape index (κ1) is 15.9. The van der Waals surface area contributed by atoms with Crippen LogP contribution in [-0.2, 0) is 11.3 Å². The van der Waals surface area contributed by atoms with E-state index in [-0.39, 0.29) is 18.3 Å². The minimum absolute atomic E-state index is 0. The fourth-order valence-corrected chi connectivity index (χ4v) is 3.05. The van der Waals surface area contributed by atoms with Crippen LogP contribution in [0.15, 0.2) is 21.3 Å². The van der Waals surface area contributed by atoms with E-state index < -0.39 is 5.97 Å². The van der Waals surface area contributed by atoms with E-state index in [2.05, 4.69) is 15.0 Å². The smallest absolute Gasteiger partial charge is 0.307 e. The van der Waals surface area contributed by atoms with Gasteiger partial charge in [0.1, 0.15) is 0 Å². The van der Waals surface area contributed by atoms with Gasteiger partial charge in [0.2, 0.25) is 11.7 Å². The zero-order valence-corrected chi connectivity index (χ0v) is 12.9. The van der Waals surface area contributed by atoms with E-state index >= 15 is 0 Å². The molecule has 2 aromatic heterocycles. The molecule has 0 aromatic carbocycles. The minimum atomic E-state index is -0.723. The summed E-state index contributed by atoms with van der Waals surface area (Å²) in [6.07, 6.45) is 1.64. The van der Waals surface area contributed by atoms with Gasteiger partial charge < -0.3 is 9.63 Å². The highest BCUT2D eigenvalue weighted by molar-refractivity contribution is 7.08. The summed E-state index contributed by atoms with van der Waals surface area (Å²) in [5, 5.41) is 17.0. The van der Waals surface area contributed by atoms with Crippen molar-refractivity contribution in [1.82, 2.24) is 15.0 Å². The lowest BCUT2D eigenvalue weighted by molar-refractivity contribution is -0.143. The van der Waals surface area contributed by atoms with Crippen molar-refractivity contribution in [2.75, 3.05) is 13.1 Å². The molecular formula is C13H16ClN3O3S. The van der Waals surface area contributed by atoms with E-state index in [0.29, 0.717) is 24.8 Å². The summed E-state index contributed by atoms with van der Waals surface area (Å²) in [5.74, 6) is 0.118. The van der Waals surface area contributed by atoms with E-state index in [0.717, 1.165) is 24.9 Å². The molecule has 1 aliphatic rings. The first-order chi connectivity index (χ1) is 9.72. The molecule has 6 nitrogen and oxygen atoms in total. The Morgan fingerprint density at radius 3 is 3.14 bits per heavy atom. The third kappa shape index (κ3) is 3.81. The standard InChI is InChI=1S/C13H15N3O3S.ClH/c17-13(18)9-2-1-4-16(6-9)7-11-14-12(15-19-11)10-3-5-20-8-10;/h3,5,8-9H,1-2,4,6-7H2,(H,17,18);1H. The molecule has 0 aliphatic carbocycles. The Hall–Kier alpha value is -1.44. The molecule has 3 heterocycles. The lowest BCUT2D eigenvalue weighted by Crippen LogP contribution is -2.38. The van der Waals surface area contributed by atoms with E-state index in [4.69, 9.17) is 9.63 Å². The van der Waals surface area contributed by atoms with Gasteiger partial charge in [0, 0.05) is 17.5 Å². The molecule has 0 spiro atoms. The fraction of sp³-hybridized carbons (Fsp3) is 0.462. The highest BCUT2D eigenvalue weighted by atomic mass is 35.5. The molecule has 1 aliphatic heterocycles. The monoisotopic (exact) mass is 329 g/mol. The average Bonchev–Trinajstić information content (AvgIpc) is 3.09. The Kier molecular flexibility index (Phi) is 5.33.